The van der Waals surface area contributed by atoms with Gasteiger partial charge in [-0.15, -0.1) is 0 Å². The minimum absolute atomic E-state index is 0.0513. The van der Waals surface area contributed by atoms with Gasteiger partial charge in [0.1, 0.15) is 11.3 Å². The molecule has 1 amide bonds. The normalized spacial score (nSPS) is 15.8. The van der Waals surface area contributed by atoms with Gasteiger partial charge in [-0.1, -0.05) is 72.8 Å². The average molecular weight is 732 g/mol. The Bertz CT molecular complexity index is 2740. The van der Waals surface area contributed by atoms with E-state index in [1.165, 1.54) is 14.2 Å². The van der Waals surface area contributed by atoms with Gasteiger partial charge >= 0.3 is 5.69 Å². The van der Waals surface area contributed by atoms with Gasteiger partial charge in [-0.3, -0.25) is 19.1 Å². The van der Waals surface area contributed by atoms with E-state index in [1.54, 1.807) is 31.2 Å². The Kier molecular flexibility index (Phi) is 9.18. The maximum Gasteiger partial charge on any atom is 0.338 e. The SMILES string of the molecule is COc1ccc(-n2c(=O)c(C(C)=NCC3c4ccccc4C(=O)N(CCc4ccccc4)C3c3ccc4c(c3)c3ccccc3n4C)c(O)n(C)c2=O)cc1. The van der Waals surface area contributed by atoms with E-state index in [1.807, 2.05) is 59.5 Å². The van der Waals surface area contributed by atoms with E-state index >= 15 is 0 Å². The van der Waals surface area contributed by atoms with Crippen molar-refractivity contribution in [3.8, 4) is 17.3 Å². The molecule has 0 saturated carbocycles. The van der Waals surface area contributed by atoms with Crippen molar-refractivity contribution in [2.24, 2.45) is 19.1 Å². The first-order valence-electron chi connectivity index (χ1n) is 18.3. The van der Waals surface area contributed by atoms with Gasteiger partial charge in [0.2, 0.25) is 5.88 Å². The number of aryl methyl sites for hydroxylation is 1. The molecule has 5 aromatic carbocycles. The highest BCUT2D eigenvalue weighted by atomic mass is 16.5. The largest absolute Gasteiger partial charge is 0.497 e. The van der Waals surface area contributed by atoms with Crippen molar-refractivity contribution in [2.45, 2.75) is 25.3 Å². The predicted molar refractivity (Wildman–Crippen MR) is 216 cm³/mol. The molecule has 55 heavy (non-hydrogen) atoms. The third-order valence-electron chi connectivity index (χ3n) is 11.0. The molecule has 276 valence electrons. The van der Waals surface area contributed by atoms with Gasteiger partial charge < -0.3 is 19.3 Å². The summed E-state index contributed by atoms with van der Waals surface area (Å²) in [5.41, 5.74) is 4.94. The van der Waals surface area contributed by atoms with Crippen LogP contribution in [0.5, 0.6) is 11.6 Å². The number of amides is 1. The Labute approximate surface area is 317 Å². The van der Waals surface area contributed by atoms with Crippen LogP contribution in [0, 0.1) is 0 Å². The first-order chi connectivity index (χ1) is 26.7. The summed E-state index contributed by atoms with van der Waals surface area (Å²) < 4.78 is 9.52. The molecular formula is C45H41N5O5. The molecule has 0 aliphatic carbocycles. The van der Waals surface area contributed by atoms with Gasteiger partial charge in [0.05, 0.1) is 18.8 Å². The van der Waals surface area contributed by atoms with Crippen LogP contribution in [0.25, 0.3) is 27.5 Å². The summed E-state index contributed by atoms with van der Waals surface area (Å²) in [7, 11) is 5.02. The van der Waals surface area contributed by atoms with Gasteiger partial charge in [-0.2, -0.15) is 0 Å². The Morgan fingerprint density at radius 1 is 0.782 bits per heavy atom. The van der Waals surface area contributed by atoms with Crippen LogP contribution in [0.1, 0.15) is 51.5 Å². The minimum Gasteiger partial charge on any atom is -0.497 e. The fourth-order valence-electron chi connectivity index (χ4n) is 8.09. The average Bonchev–Trinajstić information content (AvgIpc) is 3.50. The van der Waals surface area contributed by atoms with E-state index in [2.05, 4.69) is 54.1 Å². The molecule has 1 aliphatic heterocycles. The molecule has 2 atom stereocenters. The molecule has 1 N–H and O–H groups in total. The van der Waals surface area contributed by atoms with Crippen LogP contribution < -0.4 is 16.0 Å². The van der Waals surface area contributed by atoms with E-state index in [9.17, 15) is 19.5 Å². The highest BCUT2D eigenvalue weighted by Gasteiger charge is 2.40. The minimum atomic E-state index is -0.693. The summed E-state index contributed by atoms with van der Waals surface area (Å²) in [5.74, 6) is -0.263. The molecule has 2 unspecified atom stereocenters. The number of benzene rings is 5. The summed E-state index contributed by atoms with van der Waals surface area (Å²) in [6.07, 6.45) is 0.660. The van der Waals surface area contributed by atoms with Crippen LogP contribution >= 0.6 is 0 Å². The lowest BCUT2D eigenvalue weighted by atomic mass is 9.79. The third kappa shape index (κ3) is 6.09. The number of aliphatic imine (C=N–C) groups is 1. The number of methoxy groups -OCH3 is 1. The van der Waals surface area contributed by atoms with E-state index < -0.39 is 23.2 Å². The monoisotopic (exact) mass is 731 g/mol. The second-order valence-corrected chi connectivity index (χ2v) is 14.0. The highest BCUT2D eigenvalue weighted by molar-refractivity contribution is 6.08. The van der Waals surface area contributed by atoms with Crippen molar-refractivity contribution < 1.29 is 14.6 Å². The fourth-order valence-corrected chi connectivity index (χ4v) is 8.09. The summed E-state index contributed by atoms with van der Waals surface area (Å²) in [4.78, 5) is 48.9. The maximum absolute atomic E-state index is 14.5. The molecule has 0 bridgehead atoms. The van der Waals surface area contributed by atoms with Crippen molar-refractivity contribution in [3.05, 3.63) is 170 Å². The van der Waals surface area contributed by atoms with Crippen LogP contribution in [0.3, 0.4) is 0 Å². The first-order valence-corrected chi connectivity index (χ1v) is 18.3. The van der Waals surface area contributed by atoms with Gasteiger partial charge in [-0.25, -0.2) is 9.36 Å². The summed E-state index contributed by atoms with van der Waals surface area (Å²) in [6.45, 7) is 2.34. The lowest BCUT2D eigenvalue weighted by Crippen LogP contribution is -2.44. The van der Waals surface area contributed by atoms with Crippen molar-refractivity contribution in [2.75, 3.05) is 20.2 Å². The van der Waals surface area contributed by atoms with E-state index in [0.717, 1.165) is 47.6 Å². The van der Waals surface area contributed by atoms with Crippen molar-refractivity contribution >= 4 is 33.4 Å². The fraction of sp³-hybridized carbons (Fsp3) is 0.200. The molecule has 10 heteroatoms. The standard InChI is InChI=1S/C45H41N5O5/c1-28(40-43(52)48(3)45(54)50(44(40)53)31-19-21-32(55-4)22-20-31)46-27-37-33-14-8-9-16-35(33)42(51)49(25-24-29-12-6-5-7-13-29)41(37)30-18-23-39-36(26-30)34-15-10-11-17-38(34)47(39)2/h5-23,26,37,41,52H,24-25,27H2,1-4H3. The summed E-state index contributed by atoms with van der Waals surface area (Å²) >= 11 is 0. The zero-order chi connectivity index (χ0) is 38.4. The molecule has 0 saturated heterocycles. The zero-order valence-corrected chi connectivity index (χ0v) is 31.1. The molecule has 0 radical (unpaired) electrons. The number of para-hydroxylation sites is 1. The van der Waals surface area contributed by atoms with Gasteiger partial charge in [0.15, 0.2) is 0 Å². The van der Waals surface area contributed by atoms with E-state index in [0.29, 0.717) is 30.0 Å². The van der Waals surface area contributed by atoms with Crippen LogP contribution in [-0.4, -0.2) is 55.5 Å². The quantitative estimate of drug-likeness (QED) is 0.162. The van der Waals surface area contributed by atoms with E-state index in [-0.39, 0.29) is 29.6 Å². The van der Waals surface area contributed by atoms with Crippen molar-refractivity contribution in [1.29, 1.82) is 0 Å². The molecule has 2 aromatic heterocycles. The smallest absolute Gasteiger partial charge is 0.338 e. The third-order valence-corrected chi connectivity index (χ3v) is 11.0. The molecule has 0 fully saturated rings. The lowest BCUT2D eigenvalue weighted by molar-refractivity contribution is 0.0614. The summed E-state index contributed by atoms with van der Waals surface area (Å²) in [6, 6.07) is 38.7. The number of hydrogen-bond donors (Lipinski definition) is 1. The van der Waals surface area contributed by atoms with Gasteiger partial charge in [0, 0.05) is 66.2 Å². The number of carbonyl (C=O) groups excluding carboxylic acids is 1. The maximum atomic E-state index is 14.5. The van der Waals surface area contributed by atoms with Crippen molar-refractivity contribution in [1.82, 2.24) is 18.6 Å². The number of hydrogen-bond acceptors (Lipinski definition) is 6. The second-order valence-electron chi connectivity index (χ2n) is 14.0. The Morgan fingerprint density at radius 2 is 1.47 bits per heavy atom. The molecular weight excluding hydrogens is 691 g/mol. The lowest BCUT2D eigenvalue weighted by Gasteiger charge is -2.42. The Morgan fingerprint density at radius 3 is 2.24 bits per heavy atom. The Hall–Kier alpha value is -6.68. The first kappa shape index (κ1) is 35.4. The van der Waals surface area contributed by atoms with Crippen LogP contribution in [-0.2, 0) is 20.5 Å². The number of carbonyl (C=O) groups is 1. The van der Waals surface area contributed by atoms with Gasteiger partial charge in [0.25, 0.3) is 11.5 Å². The predicted octanol–water partition coefficient (Wildman–Crippen LogP) is 6.93. The number of nitrogens with zero attached hydrogens (tertiary/aromatic N) is 5. The zero-order valence-electron chi connectivity index (χ0n) is 31.1. The number of rotatable bonds is 9. The summed E-state index contributed by atoms with van der Waals surface area (Å²) in [5, 5.41) is 13.5. The van der Waals surface area contributed by atoms with Crippen LogP contribution in [0.4, 0.5) is 0 Å². The molecule has 7 aromatic rings. The molecule has 0 spiro atoms. The molecule has 1 aliphatic rings. The topological polar surface area (TPSA) is 111 Å². The molecule has 8 rings (SSSR count). The van der Waals surface area contributed by atoms with Crippen LogP contribution in [0.2, 0.25) is 0 Å². The van der Waals surface area contributed by atoms with Crippen molar-refractivity contribution in [3.63, 3.8) is 0 Å². The van der Waals surface area contributed by atoms with Crippen LogP contribution in [0.15, 0.2) is 136 Å². The van der Waals surface area contributed by atoms with Gasteiger partial charge in [-0.05, 0) is 78.6 Å². The highest BCUT2D eigenvalue weighted by Crippen LogP contribution is 2.44. The number of aromatic hydroxyl groups is 1. The molecule has 3 heterocycles. The number of fused-ring (bicyclic) bond motifs is 4. The molecule has 10 nitrogen and oxygen atoms in total. The second kappa shape index (κ2) is 14.3. The Balaban J connectivity index is 1.27. The number of aromatic nitrogens is 3. The number of ether oxygens (including phenoxy) is 1. The van der Waals surface area contributed by atoms with E-state index in [4.69, 9.17) is 9.73 Å².